The molecule has 0 aromatic carbocycles. The number of hydrogen-bond donors (Lipinski definition) is 2. The predicted molar refractivity (Wildman–Crippen MR) is 124 cm³/mol. The van der Waals surface area contributed by atoms with Gasteiger partial charge in [0.15, 0.2) is 0 Å². The minimum Gasteiger partial charge on any atom is -0.380 e. The summed E-state index contributed by atoms with van der Waals surface area (Å²) >= 11 is 0. The Morgan fingerprint density at radius 2 is 1.59 bits per heavy atom. The van der Waals surface area contributed by atoms with Gasteiger partial charge in [-0.1, -0.05) is 55.4 Å². The molecule has 2 atom stereocenters. The van der Waals surface area contributed by atoms with E-state index in [2.05, 4.69) is 19.2 Å². The van der Waals surface area contributed by atoms with Crippen molar-refractivity contribution in [2.75, 3.05) is 38.4 Å². The lowest BCUT2D eigenvalue weighted by atomic mass is 9.94. The van der Waals surface area contributed by atoms with Crippen LogP contribution >= 0.6 is 0 Å². The van der Waals surface area contributed by atoms with Crippen molar-refractivity contribution in [2.24, 2.45) is 22.5 Å². The predicted octanol–water partition coefficient (Wildman–Crippen LogP) is 3.70. The smallest absolute Gasteiger partial charge is 0.224 e. The van der Waals surface area contributed by atoms with Crippen LogP contribution in [0.15, 0.2) is 0 Å². The van der Waals surface area contributed by atoms with Crippen molar-refractivity contribution in [1.82, 2.24) is 5.32 Å². The number of ether oxygens (including phenoxy) is 2. The van der Waals surface area contributed by atoms with E-state index in [1.165, 1.54) is 0 Å². The zero-order valence-electron chi connectivity index (χ0n) is 20.6. The van der Waals surface area contributed by atoms with Crippen molar-refractivity contribution < 1.29 is 18.5 Å². The van der Waals surface area contributed by atoms with Crippen LogP contribution in [-0.4, -0.2) is 54.2 Å². The lowest BCUT2D eigenvalue weighted by molar-refractivity contribution is -0.129. The fraction of sp³-hybridized carbons (Fsp3) is 0.955. The molecule has 1 amide bonds. The van der Waals surface area contributed by atoms with Crippen LogP contribution in [0, 0.1) is 16.7 Å². The third-order valence-corrected chi connectivity index (χ3v) is 5.17. The quantitative estimate of drug-likeness (QED) is 0.405. The van der Waals surface area contributed by atoms with E-state index in [0.29, 0.717) is 38.0 Å². The standard InChI is InChI=1S/C20H42N2O4S.C2H6/c1-16(2)9-10-26-20(7,21)11-17(23)22-12-18(3,4)13-25-14-19(5,6)15-27(8)24;1-2/h16H,9-15,21H2,1-8H3,(H,22,23);1-2H3. The molecular weight excluding hydrogens is 388 g/mol. The summed E-state index contributed by atoms with van der Waals surface area (Å²) in [5.41, 5.74) is 4.78. The Labute approximate surface area is 182 Å². The molecule has 2 unspecified atom stereocenters. The van der Waals surface area contributed by atoms with Gasteiger partial charge in [-0.05, 0) is 24.7 Å². The summed E-state index contributed by atoms with van der Waals surface area (Å²) in [6.45, 7) is 20.2. The van der Waals surface area contributed by atoms with Crippen molar-refractivity contribution in [3.63, 3.8) is 0 Å². The van der Waals surface area contributed by atoms with E-state index in [4.69, 9.17) is 15.2 Å². The van der Waals surface area contributed by atoms with Crippen LogP contribution in [0.2, 0.25) is 0 Å². The van der Waals surface area contributed by atoms with E-state index in [-0.39, 0.29) is 23.2 Å². The number of carbonyl (C=O) groups is 1. The number of nitrogens with one attached hydrogen (secondary N) is 1. The van der Waals surface area contributed by atoms with Gasteiger partial charge in [0.25, 0.3) is 0 Å². The van der Waals surface area contributed by atoms with Gasteiger partial charge in [-0.2, -0.15) is 0 Å². The highest BCUT2D eigenvalue weighted by Crippen LogP contribution is 2.20. The Bertz CT molecular complexity index is 477. The molecule has 3 N–H and O–H groups in total. The molecule has 0 radical (unpaired) electrons. The molecule has 0 saturated carbocycles. The zero-order chi connectivity index (χ0) is 23.3. The number of nitrogens with two attached hydrogens (primary N) is 1. The Hall–Kier alpha value is -0.500. The van der Waals surface area contributed by atoms with E-state index in [1.807, 2.05) is 41.5 Å². The van der Waals surface area contributed by atoms with Gasteiger partial charge < -0.3 is 20.5 Å². The summed E-state index contributed by atoms with van der Waals surface area (Å²) in [4.78, 5) is 12.2. The van der Waals surface area contributed by atoms with Gasteiger partial charge >= 0.3 is 0 Å². The molecule has 0 heterocycles. The molecule has 0 aliphatic heterocycles. The molecule has 6 nitrogen and oxygen atoms in total. The molecule has 0 aliphatic carbocycles. The van der Waals surface area contributed by atoms with Crippen LogP contribution in [-0.2, 0) is 25.1 Å². The lowest BCUT2D eigenvalue weighted by Crippen LogP contribution is -2.46. The van der Waals surface area contributed by atoms with E-state index in [9.17, 15) is 9.00 Å². The van der Waals surface area contributed by atoms with E-state index >= 15 is 0 Å². The first-order valence-corrected chi connectivity index (χ1v) is 12.4. The third kappa shape index (κ3) is 19.2. The molecule has 7 heteroatoms. The Morgan fingerprint density at radius 1 is 1.07 bits per heavy atom. The minimum atomic E-state index is -0.959. The maximum atomic E-state index is 12.2. The molecule has 0 fully saturated rings. The SMILES string of the molecule is CC.CC(C)CCOC(C)(N)CC(=O)NCC(C)(C)COCC(C)(C)CS(C)=O. The van der Waals surface area contributed by atoms with Crippen LogP contribution in [0.5, 0.6) is 0 Å². The zero-order valence-corrected chi connectivity index (χ0v) is 21.5. The fourth-order valence-electron chi connectivity index (χ4n) is 2.54. The maximum absolute atomic E-state index is 12.2. The normalized spacial score (nSPS) is 15.3. The summed E-state index contributed by atoms with van der Waals surface area (Å²) in [6.07, 6.45) is 2.75. The van der Waals surface area contributed by atoms with Crippen LogP contribution in [0.1, 0.15) is 75.2 Å². The van der Waals surface area contributed by atoms with Crippen LogP contribution in [0.4, 0.5) is 0 Å². The number of hydrogen-bond acceptors (Lipinski definition) is 5. The average Bonchev–Trinajstić information content (AvgIpc) is 2.52. The van der Waals surface area contributed by atoms with Crippen LogP contribution in [0.25, 0.3) is 0 Å². The molecule has 0 spiro atoms. The van der Waals surface area contributed by atoms with Crippen LogP contribution < -0.4 is 11.1 Å². The van der Waals surface area contributed by atoms with E-state index < -0.39 is 16.5 Å². The van der Waals surface area contributed by atoms with Crippen molar-refractivity contribution in [3.05, 3.63) is 0 Å². The molecular formula is C22H48N2O4S. The summed E-state index contributed by atoms with van der Waals surface area (Å²) < 4.78 is 22.9. The van der Waals surface area contributed by atoms with Gasteiger partial charge in [0.05, 0.1) is 19.6 Å². The highest BCUT2D eigenvalue weighted by molar-refractivity contribution is 7.84. The second-order valence-corrected chi connectivity index (χ2v) is 11.3. The molecule has 0 rings (SSSR count). The van der Waals surface area contributed by atoms with Gasteiger partial charge in [0, 0.05) is 41.4 Å². The second-order valence-electron chi connectivity index (χ2n) is 9.84. The molecule has 0 aromatic rings. The minimum absolute atomic E-state index is 0.122. The first kappa shape index (κ1) is 30.7. The van der Waals surface area contributed by atoms with Gasteiger partial charge in [-0.3, -0.25) is 9.00 Å². The van der Waals surface area contributed by atoms with Gasteiger partial charge in [-0.15, -0.1) is 0 Å². The van der Waals surface area contributed by atoms with Gasteiger partial charge in [0.1, 0.15) is 5.72 Å². The molecule has 176 valence electrons. The average molecular weight is 437 g/mol. The maximum Gasteiger partial charge on any atom is 0.224 e. The first-order valence-electron chi connectivity index (χ1n) is 10.7. The third-order valence-electron chi connectivity index (χ3n) is 3.98. The topological polar surface area (TPSA) is 90.7 Å². The lowest BCUT2D eigenvalue weighted by Gasteiger charge is -2.30. The van der Waals surface area contributed by atoms with E-state index in [0.717, 1.165) is 6.42 Å². The number of amides is 1. The highest BCUT2D eigenvalue weighted by Gasteiger charge is 2.26. The highest BCUT2D eigenvalue weighted by atomic mass is 32.2. The molecule has 0 aromatic heterocycles. The Balaban J connectivity index is 0. The molecule has 0 aliphatic rings. The van der Waals surface area contributed by atoms with Gasteiger partial charge in [0.2, 0.25) is 5.91 Å². The van der Waals surface area contributed by atoms with Crippen LogP contribution in [0.3, 0.4) is 0 Å². The van der Waals surface area contributed by atoms with Crippen molar-refractivity contribution in [3.8, 4) is 0 Å². The Kier molecular flexibility index (Phi) is 15.3. The molecule has 0 saturated heterocycles. The first-order chi connectivity index (χ1) is 13.1. The summed E-state index contributed by atoms with van der Waals surface area (Å²) in [5.74, 6) is 1.02. The van der Waals surface area contributed by atoms with Gasteiger partial charge in [-0.25, -0.2) is 0 Å². The molecule has 29 heavy (non-hydrogen) atoms. The number of carbonyl (C=O) groups excluding carboxylic acids is 1. The summed E-state index contributed by atoms with van der Waals surface area (Å²) in [5, 5.41) is 2.93. The fourth-order valence-corrected chi connectivity index (χ4v) is 3.73. The largest absolute Gasteiger partial charge is 0.380 e. The summed E-state index contributed by atoms with van der Waals surface area (Å²) in [7, 11) is -0.845. The van der Waals surface area contributed by atoms with Crippen molar-refractivity contribution in [1.29, 1.82) is 0 Å². The second kappa shape index (κ2) is 14.5. The number of rotatable bonds is 14. The molecule has 0 bridgehead atoms. The van der Waals surface area contributed by atoms with Crippen molar-refractivity contribution >= 4 is 16.7 Å². The summed E-state index contributed by atoms with van der Waals surface area (Å²) in [6, 6.07) is 0. The monoisotopic (exact) mass is 436 g/mol. The van der Waals surface area contributed by atoms with E-state index in [1.54, 1.807) is 13.2 Å². The van der Waals surface area contributed by atoms with Crippen molar-refractivity contribution in [2.45, 2.75) is 80.9 Å². The Morgan fingerprint density at radius 3 is 2.07 bits per heavy atom.